The highest BCUT2D eigenvalue weighted by atomic mass is 15.2. The summed E-state index contributed by atoms with van der Waals surface area (Å²) in [6.45, 7) is 6.06. The molecule has 1 saturated heterocycles. The predicted octanol–water partition coefficient (Wildman–Crippen LogP) is 2.83. The van der Waals surface area contributed by atoms with Gasteiger partial charge in [-0.2, -0.15) is 0 Å². The van der Waals surface area contributed by atoms with Crippen molar-refractivity contribution in [3.05, 3.63) is 29.8 Å². The van der Waals surface area contributed by atoms with Crippen molar-refractivity contribution in [1.82, 2.24) is 5.32 Å². The zero-order valence-corrected chi connectivity index (χ0v) is 11.4. The first-order chi connectivity index (χ1) is 8.86. The lowest BCUT2D eigenvalue weighted by molar-refractivity contribution is 0.315. The van der Waals surface area contributed by atoms with Gasteiger partial charge in [-0.3, -0.25) is 0 Å². The number of anilines is 1. The first-order valence-electron chi connectivity index (χ1n) is 7.41. The maximum absolute atomic E-state index is 3.47. The van der Waals surface area contributed by atoms with Crippen LogP contribution in [-0.2, 0) is 6.42 Å². The van der Waals surface area contributed by atoms with Gasteiger partial charge in [0, 0.05) is 18.3 Å². The molecule has 0 amide bonds. The average Bonchev–Trinajstić information content (AvgIpc) is 2.47. The third-order valence-electron chi connectivity index (χ3n) is 4.70. The van der Waals surface area contributed by atoms with Gasteiger partial charge in [-0.1, -0.05) is 18.2 Å². The summed E-state index contributed by atoms with van der Waals surface area (Å²) in [7, 11) is 0. The predicted molar refractivity (Wildman–Crippen MR) is 77.2 cm³/mol. The Bertz CT molecular complexity index is 396. The van der Waals surface area contributed by atoms with Crippen LogP contribution in [0.4, 0.5) is 5.69 Å². The minimum atomic E-state index is 0.688. The lowest BCUT2D eigenvalue weighted by Crippen LogP contribution is -2.45. The zero-order chi connectivity index (χ0) is 12.4. The van der Waals surface area contributed by atoms with Gasteiger partial charge in [0.25, 0.3) is 0 Å². The van der Waals surface area contributed by atoms with Gasteiger partial charge in [-0.05, 0) is 63.2 Å². The van der Waals surface area contributed by atoms with Gasteiger partial charge < -0.3 is 10.2 Å². The molecule has 2 heterocycles. The maximum atomic E-state index is 3.47. The Morgan fingerprint density at radius 3 is 2.83 bits per heavy atom. The summed E-state index contributed by atoms with van der Waals surface area (Å²) in [4.78, 5) is 2.66. The van der Waals surface area contributed by atoms with Crippen LogP contribution >= 0.6 is 0 Å². The number of fused-ring (bicyclic) bond motifs is 1. The van der Waals surface area contributed by atoms with Crippen LogP contribution in [0.2, 0.25) is 0 Å². The molecule has 0 spiro atoms. The van der Waals surface area contributed by atoms with E-state index in [4.69, 9.17) is 0 Å². The van der Waals surface area contributed by atoms with E-state index in [1.165, 1.54) is 51.0 Å². The molecule has 1 N–H and O–H groups in total. The van der Waals surface area contributed by atoms with Crippen LogP contribution in [0.15, 0.2) is 24.3 Å². The third-order valence-corrected chi connectivity index (χ3v) is 4.70. The van der Waals surface area contributed by atoms with Crippen molar-refractivity contribution < 1.29 is 0 Å². The summed E-state index contributed by atoms with van der Waals surface area (Å²) in [6, 6.07) is 9.67. The van der Waals surface area contributed by atoms with E-state index in [1.807, 2.05) is 0 Å². The number of hydrogen-bond acceptors (Lipinski definition) is 2. The van der Waals surface area contributed by atoms with Crippen molar-refractivity contribution in [2.24, 2.45) is 5.92 Å². The summed E-state index contributed by atoms with van der Waals surface area (Å²) in [5, 5.41) is 3.47. The maximum Gasteiger partial charge on any atom is 0.0401 e. The molecule has 2 aliphatic rings. The molecule has 0 aliphatic carbocycles. The van der Waals surface area contributed by atoms with Crippen LogP contribution in [0.1, 0.15) is 31.7 Å². The SMILES string of the molecule is CC(C1CCNCC1)N1CCCc2ccccc21. The normalized spacial score (nSPS) is 22.6. The average molecular weight is 244 g/mol. The molecule has 1 atom stereocenters. The Hall–Kier alpha value is -1.02. The molecule has 18 heavy (non-hydrogen) atoms. The van der Waals surface area contributed by atoms with Gasteiger partial charge in [-0.15, -0.1) is 0 Å². The highest BCUT2D eigenvalue weighted by Crippen LogP contribution is 2.32. The van der Waals surface area contributed by atoms with Crippen LogP contribution in [0, 0.1) is 5.92 Å². The van der Waals surface area contributed by atoms with E-state index in [0.717, 1.165) is 5.92 Å². The largest absolute Gasteiger partial charge is 0.368 e. The molecule has 0 radical (unpaired) electrons. The fourth-order valence-corrected chi connectivity index (χ4v) is 3.57. The van der Waals surface area contributed by atoms with E-state index in [-0.39, 0.29) is 0 Å². The Morgan fingerprint density at radius 1 is 1.22 bits per heavy atom. The van der Waals surface area contributed by atoms with Gasteiger partial charge in [-0.25, -0.2) is 0 Å². The molecule has 0 bridgehead atoms. The van der Waals surface area contributed by atoms with Crippen molar-refractivity contribution in [2.75, 3.05) is 24.5 Å². The number of aryl methyl sites for hydroxylation is 1. The first kappa shape index (κ1) is 12.0. The number of benzene rings is 1. The van der Waals surface area contributed by atoms with Crippen molar-refractivity contribution in [2.45, 2.75) is 38.6 Å². The Balaban J connectivity index is 1.80. The summed E-state index contributed by atoms with van der Waals surface area (Å²) in [6.07, 6.45) is 5.23. The number of nitrogens with zero attached hydrogens (tertiary/aromatic N) is 1. The van der Waals surface area contributed by atoms with Crippen molar-refractivity contribution >= 4 is 5.69 Å². The number of rotatable bonds is 2. The van der Waals surface area contributed by atoms with E-state index in [1.54, 1.807) is 5.56 Å². The number of piperidine rings is 1. The topological polar surface area (TPSA) is 15.3 Å². The fourth-order valence-electron chi connectivity index (χ4n) is 3.57. The molecule has 2 aliphatic heterocycles. The van der Waals surface area contributed by atoms with Crippen LogP contribution in [0.3, 0.4) is 0 Å². The molecule has 1 aromatic carbocycles. The highest BCUT2D eigenvalue weighted by Gasteiger charge is 2.27. The quantitative estimate of drug-likeness (QED) is 0.860. The summed E-state index contributed by atoms with van der Waals surface area (Å²) in [5.74, 6) is 0.859. The Labute approximate surface area is 110 Å². The third kappa shape index (κ3) is 2.26. The van der Waals surface area contributed by atoms with E-state index in [9.17, 15) is 0 Å². The minimum absolute atomic E-state index is 0.688. The molecule has 1 unspecified atom stereocenters. The van der Waals surface area contributed by atoms with Crippen LogP contribution < -0.4 is 10.2 Å². The van der Waals surface area contributed by atoms with Crippen LogP contribution in [-0.4, -0.2) is 25.7 Å². The highest BCUT2D eigenvalue weighted by molar-refractivity contribution is 5.56. The van der Waals surface area contributed by atoms with Gasteiger partial charge in [0.1, 0.15) is 0 Å². The summed E-state index contributed by atoms with van der Waals surface area (Å²) >= 11 is 0. The van der Waals surface area contributed by atoms with E-state index >= 15 is 0 Å². The molecule has 2 heteroatoms. The molecule has 1 aromatic rings. The second kappa shape index (κ2) is 5.31. The molecule has 2 nitrogen and oxygen atoms in total. The number of para-hydroxylation sites is 1. The molecule has 98 valence electrons. The van der Waals surface area contributed by atoms with E-state index in [0.29, 0.717) is 6.04 Å². The summed E-state index contributed by atoms with van der Waals surface area (Å²) in [5.41, 5.74) is 3.04. The number of hydrogen-bond donors (Lipinski definition) is 1. The zero-order valence-electron chi connectivity index (χ0n) is 11.4. The molecular weight excluding hydrogens is 220 g/mol. The fraction of sp³-hybridized carbons (Fsp3) is 0.625. The second-order valence-corrected chi connectivity index (χ2v) is 5.75. The Morgan fingerprint density at radius 2 is 2.00 bits per heavy atom. The van der Waals surface area contributed by atoms with Gasteiger partial charge >= 0.3 is 0 Å². The first-order valence-corrected chi connectivity index (χ1v) is 7.41. The van der Waals surface area contributed by atoms with E-state index in [2.05, 4.69) is 41.4 Å². The van der Waals surface area contributed by atoms with Gasteiger partial charge in [0.15, 0.2) is 0 Å². The van der Waals surface area contributed by atoms with Gasteiger partial charge in [0.2, 0.25) is 0 Å². The van der Waals surface area contributed by atoms with Crippen LogP contribution in [0.25, 0.3) is 0 Å². The standard InChI is InChI=1S/C16H24N2/c1-13(14-8-10-17-11-9-14)18-12-4-6-15-5-2-3-7-16(15)18/h2-3,5,7,13-14,17H,4,6,8-12H2,1H3. The lowest BCUT2D eigenvalue weighted by Gasteiger charge is -2.41. The molecule has 1 fully saturated rings. The number of nitrogens with one attached hydrogen (secondary N) is 1. The van der Waals surface area contributed by atoms with Crippen LogP contribution in [0.5, 0.6) is 0 Å². The molecule has 0 saturated carbocycles. The van der Waals surface area contributed by atoms with Crippen molar-refractivity contribution in [3.8, 4) is 0 Å². The smallest absolute Gasteiger partial charge is 0.0401 e. The van der Waals surface area contributed by atoms with E-state index < -0.39 is 0 Å². The lowest BCUT2D eigenvalue weighted by atomic mass is 9.88. The minimum Gasteiger partial charge on any atom is -0.368 e. The van der Waals surface area contributed by atoms with Crippen molar-refractivity contribution in [3.63, 3.8) is 0 Å². The molecule has 0 aromatic heterocycles. The monoisotopic (exact) mass is 244 g/mol. The van der Waals surface area contributed by atoms with Gasteiger partial charge in [0.05, 0.1) is 0 Å². The van der Waals surface area contributed by atoms with Crippen molar-refractivity contribution in [1.29, 1.82) is 0 Å². The second-order valence-electron chi connectivity index (χ2n) is 5.75. The summed E-state index contributed by atoms with van der Waals surface area (Å²) < 4.78 is 0. The Kier molecular flexibility index (Phi) is 3.55. The molecular formula is C16H24N2. The molecule has 3 rings (SSSR count).